The van der Waals surface area contributed by atoms with Crippen LogP contribution < -0.4 is 29.6 Å². The predicted octanol–water partition coefficient (Wildman–Crippen LogP) is -5.89. The molecular weight excluding hydrogens is 363 g/mol. The van der Waals surface area contributed by atoms with Gasteiger partial charge in [0.25, 0.3) is 20.2 Å². The standard InChI is InChI=1S/C10H22N2O8S2.Na/c13-9(7-21(15,16)17)5-11-1-2-12(4-3-11)6-10(14)8-22(18,19)20;/h9-10,13-14H,1-8H2,(H,15,16,17)(H,18,19,20);/q;+1. The Hall–Kier alpha value is 0.660. The summed E-state index contributed by atoms with van der Waals surface area (Å²) in [4.78, 5) is 3.61. The molecule has 0 spiro atoms. The number of hydrogen-bond donors (Lipinski definition) is 4. The summed E-state index contributed by atoms with van der Waals surface area (Å²) >= 11 is 0. The molecule has 1 fully saturated rings. The molecule has 2 unspecified atom stereocenters. The first-order chi connectivity index (χ1) is 9.94. The van der Waals surface area contributed by atoms with Crippen LogP contribution in [0.4, 0.5) is 0 Å². The molecule has 1 aliphatic heterocycles. The van der Waals surface area contributed by atoms with Crippen LogP contribution in [0.15, 0.2) is 0 Å². The molecule has 0 aliphatic carbocycles. The molecule has 23 heavy (non-hydrogen) atoms. The minimum atomic E-state index is -4.22. The van der Waals surface area contributed by atoms with Crippen LogP contribution in [0.5, 0.6) is 0 Å². The van der Waals surface area contributed by atoms with E-state index >= 15 is 0 Å². The largest absolute Gasteiger partial charge is 1.00 e. The normalized spacial score (nSPS) is 20.7. The van der Waals surface area contributed by atoms with E-state index in [1.165, 1.54) is 0 Å². The Bertz CT molecular complexity index is 497. The molecule has 0 bridgehead atoms. The van der Waals surface area contributed by atoms with E-state index in [2.05, 4.69) is 0 Å². The van der Waals surface area contributed by atoms with Crippen LogP contribution in [0, 0.1) is 0 Å². The van der Waals surface area contributed by atoms with Gasteiger partial charge in [-0.15, -0.1) is 0 Å². The van der Waals surface area contributed by atoms with Crippen LogP contribution in [0.3, 0.4) is 0 Å². The van der Waals surface area contributed by atoms with Gasteiger partial charge in [0.15, 0.2) is 0 Å². The van der Waals surface area contributed by atoms with Gasteiger partial charge in [-0.2, -0.15) is 16.8 Å². The van der Waals surface area contributed by atoms with Crippen LogP contribution in [-0.4, -0.2) is 109 Å². The summed E-state index contributed by atoms with van der Waals surface area (Å²) in [6, 6.07) is 0. The predicted molar refractivity (Wildman–Crippen MR) is 77.7 cm³/mol. The minimum absolute atomic E-state index is 0. The molecule has 0 radical (unpaired) electrons. The Morgan fingerprint density at radius 3 is 1.22 bits per heavy atom. The van der Waals surface area contributed by atoms with E-state index in [-0.39, 0.29) is 42.6 Å². The van der Waals surface area contributed by atoms with E-state index in [1.54, 1.807) is 0 Å². The molecule has 13 heteroatoms. The first kappa shape index (κ1) is 23.7. The van der Waals surface area contributed by atoms with Crippen LogP contribution in [0.2, 0.25) is 0 Å². The Morgan fingerprint density at radius 1 is 0.739 bits per heavy atom. The average molecular weight is 385 g/mol. The molecule has 0 aromatic carbocycles. The second kappa shape index (κ2) is 9.97. The Labute approximate surface area is 158 Å². The molecule has 1 rings (SSSR count). The smallest absolute Gasteiger partial charge is 0.391 e. The zero-order valence-corrected chi connectivity index (χ0v) is 16.6. The fourth-order valence-electron chi connectivity index (χ4n) is 2.34. The van der Waals surface area contributed by atoms with Gasteiger partial charge in [0, 0.05) is 39.3 Å². The molecule has 1 aliphatic rings. The summed E-state index contributed by atoms with van der Waals surface area (Å²) in [6.07, 6.45) is -2.38. The van der Waals surface area contributed by atoms with Crippen LogP contribution in [0.25, 0.3) is 0 Å². The fraction of sp³-hybridized carbons (Fsp3) is 1.00. The van der Waals surface area contributed by atoms with Gasteiger partial charge in [0.1, 0.15) is 11.5 Å². The SMILES string of the molecule is O=S(=O)(O)CC(O)CN1CCN(CC(O)CS(=O)(=O)O)CC1.[Na+]. The maximum absolute atomic E-state index is 10.6. The van der Waals surface area contributed by atoms with E-state index in [4.69, 9.17) is 9.11 Å². The van der Waals surface area contributed by atoms with Crippen molar-refractivity contribution in [3.63, 3.8) is 0 Å². The molecule has 0 aromatic heterocycles. The van der Waals surface area contributed by atoms with Gasteiger partial charge in [0.05, 0.1) is 12.2 Å². The maximum atomic E-state index is 10.6. The third kappa shape index (κ3) is 11.8. The number of piperazine rings is 1. The zero-order chi connectivity index (χ0) is 17.0. The van der Waals surface area contributed by atoms with Crippen molar-refractivity contribution in [2.75, 3.05) is 50.8 Å². The molecular formula is C10H22N2NaO8S2+. The van der Waals surface area contributed by atoms with Crippen LogP contribution in [-0.2, 0) is 20.2 Å². The Kier molecular flexibility index (Phi) is 10.3. The molecule has 1 saturated heterocycles. The average Bonchev–Trinajstić information content (AvgIpc) is 2.26. The summed E-state index contributed by atoms with van der Waals surface area (Å²) in [6.45, 7) is 2.20. The quantitative estimate of drug-likeness (QED) is 0.234. The molecule has 10 nitrogen and oxygen atoms in total. The van der Waals surface area contributed by atoms with E-state index in [1.807, 2.05) is 9.80 Å². The topological polar surface area (TPSA) is 156 Å². The maximum Gasteiger partial charge on any atom is 1.00 e. The molecule has 1 heterocycles. The minimum Gasteiger partial charge on any atom is -0.391 e. The van der Waals surface area contributed by atoms with Crippen molar-refractivity contribution in [2.24, 2.45) is 0 Å². The van der Waals surface area contributed by atoms with Crippen molar-refractivity contribution in [2.45, 2.75) is 12.2 Å². The Morgan fingerprint density at radius 2 is 1.00 bits per heavy atom. The number of rotatable bonds is 8. The van der Waals surface area contributed by atoms with Gasteiger partial charge in [-0.05, 0) is 0 Å². The third-order valence-electron chi connectivity index (χ3n) is 3.21. The van der Waals surface area contributed by atoms with Gasteiger partial charge in [-0.3, -0.25) is 18.9 Å². The molecule has 132 valence electrons. The van der Waals surface area contributed by atoms with Gasteiger partial charge < -0.3 is 10.2 Å². The van der Waals surface area contributed by atoms with Crippen molar-refractivity contribution in [3.05, 3.63) is 0 Å². The van der Waals surface area contributed by atoms with E-state index < -0.39 is 43.9 Å². The van der Waals surface area contributed by atoms with Gasteiger partial charge in [-0.1, -0.05) is 0 Å². The summed E-state index contributed by atoms with van der Waals surface area (Å²) in [5.41, 5.74) is 0. The van der Waals surface area contributed by atoms with Crippen molar-refractivity contribution >= 4 is 20.2 Å². The fourth-order valence-corrected chi connectivity index (χ4v) is 3.53. The van der Waals surface area contributed by atoms with E-state index in [9.17, 15) is 27.0 Å². The van der Waals surface area contributed by atoms with Crippen molar-refractivity contribution < 1.29 is 65.7 Å². The van der Waals surface area contributed by atoms with E-state index in [0.717, 1.165) is 0 Å². The second-order valence-corrected chi connectivity index (χ2v) is 8.40. The number of β-amino-alcohol motifs (C(OH)–C–C–N with tert-alkyl or cyclic N) is 2. The molecule has 0 aromatic rings. The number of hydrogen-bond acceptors (Lipinski definition) is 8. The first-order valence-electron chi connectivity index (χ1n) is 6.66. The van der Waals surface area contributed by atoms with Crippen molar-refractivity contribution in [1.82, 2.24) is 9.80 Å². The number of aliphatic hydroxyl groups is 2. The molecule has 0 amide bonds. The van der Waals surface area contributed by atoms with Gasteiger partial charge in [-0.25, -0.2) is 0 Å². The first-order valence-corrected chi connectivity index (χ1v) is 9.87. The summed E-state index contributed by atoms with van der Waals surface area (Å²) < 4.78 is 59.8. The van der Waals surface area contributed by atoms with Crippen LogP contribution in [0.1, 0.15) is 0 Å². The summed E-state index contributed by atoms with van der Waals surface area (Å²) in [5.74, 6) is -1.44. The molecule has 4 N–H and O–H groups in total. The monoisotopic (exact) mass is 385 g/mol. The van der Waals surface area contributed by atoms with Gasteiger partial charge in [0.2, 0.25) is 0 Å². The van der Waals surface area contributed by atoms with Gasteiger partial charge >= 0.3 is 29.6 Å². The molecule has 0 saturated carbocycles. The van der Waals surface area contributed by atoms with E-state index in [0.29, 0.717) is 26.2 Å². The van der Waals surface area contributed by atoms with Crippen molar-refractivity contribution in [3.8, 4) is 0 Å². The molecule has 2 atom stereocenters. The Balaban J connectivity index is 0.00000484. The number of aliphatic hydroxyl groups excluding tert-OH is 2. The summed E-state index contributed by atoms with van der Waals surface area (Å²) in [7, 11) is -8.44. The summed E-state index contributed by atoms with van der Waals surface area (Å²) in [5, 5.41) is 19.1. The van der Waals surface area contributed by atoms with Crippen LogP contribution >= 0.6 is 0 Å². The van der Waals surface area contributed by atoms with Crippen molar-refractivity contribution in [1.29, 1.82) is 0 Å². The third-order valence-corrected chi connectivity index (χ3v) is 4.82. The number of nitrogens with zero attached hydrogens (tertiary/aromatic N) is 2. The second-order valence-electron chi connectivity index (χ2n) is 5.41. The zero-order valence-electron chi connectivity index (χ0n) is 12.9.